The normalized spacial score (nSPS) is 17.1. The Kier molecular flexibility index (Phi) is 4.29. The summed E-state index contributed by atoms with van der Waals surface area (Å²) in [4.78, 5) is 13.2. The molecule has 1 aromatic carbocycles. The summed E-state index contributed by atoms with van der Waals surface area (Å²) in [6.07, 6.45) is -4.48. The van der Waals surface area contributed by atoms with Crippen LogP contribution in [0.25, 0.3) is 0 Å². The number of piperazine rings is 1. The lowest BCUT2D eigenvalue weighted by molar-refractivity contribution is -0.137. The molecule has 0 bridgehead atoms. The van der Waals surface area contributed by atoms with Crippen molar-refractivity contribution in [2.24, 2.45) is 5.73 Å². The first-order valence-corrected chi connectivity index (χ1v) is 6.30. The molecule has 1 aromatic rings. The number of nitrogens with two attached hydrogens (primary N) is 1. The Morgan fingerprint density at radius 2 is 1.90 bits per heavy atom. The summed E-state index contributed by atoms with van der Waals surface area (Å²) in [5, 5.41) is 3.17. The number of hydrogen-bond acceptors (Lipinski definition) is 3. The number of nitrogens with one attached hydrogen (secondary N) is 1. The van der Waals surface area contributed by atoms with Gasteiger partial charge in [-0.3, -0.25) is 9.69 Å². The zero-order valence-corrected chi connectivity index (χ0v) is 10.8. The van der Waals surface area contributed by atoms with Crippen LogP contribution in [-0.4, -0.2) is 37.0 Å². The van der Waals surface area contributed by atoms with Crippen LogP contribution in [-0.2, 0) is 12.7 Å². The second-order valence-electron chi connectivity index (χ2n) is 4.81. The van der Waals surface area contributed by atoms with Crippen LogP contribution in [0.1, 0.15) is 21.5 Å². The van der Waals surface area contributed by atoms with Crippen LogP contribution < -0.4 is 11.1 Å². The highest BCUT2D eigenvalue weighted by Crippen LogP contribution is 2.31. The first kappa shape index (κ1) is 14.8. The molecule has 0 unspecified atom stereocenters. The Balaban J connectivity index is 2.26. The molecule has 0 aliphatic carbocycles. The Bertz CT molecular complexity index is 496. The minimum Gasteiger partial charge on any atom is -0.366 e. The minimum absolute atomic E-state index is 0.107. The van der Waals surface area contributed by atoms with E-state index in [4.69, 9.17) is 5.73 Å². The monoisotopic (exact) mass is 287 g/mol. The van der Waals surface area contributed by atoms with Crippen molar-refractivity contribution in [3.8, 4) is 0 Å². The number of alkyl halides is 3. The number of nitrogens with zero attached hydrogens (tertiary/aromatic N) is 1. The summed E-state index contributed by atoms with van der Waals surface area (Å²) >= 11 is 0. The summed E-state index contributed by atoms with van der Waals surface area (Å²) in [6, 6.07) is 3.30. The van der Waals surface area contributed by atoms with E-state index in [1.54, 1.807) is 0 Å². The molecule has 0 atom stereocenters. The Morgan fingerprint density at radius 3 is 2.45 bits per heavy atom. The summed E-state index contributed by atoms with van der Waals surface area (Å²) in [6.45, 7) is 3.53. The third-order valence-corrected chi connectivity index (χ3v) is 3.22. The molecule has 4 nitrogen and oxygen atoms in total. The molecule has 0 saturated carbocycles. The van der Waals surface area contributed by atoms with Gasteiger partial charge in [-0.15, -0.1) is 0 Å². The lowest BCUT2D eigenvalue weighted by atomic mass is 10.0. The summed E-state index contributed by atoms with van der Waals surface area (Å²) < 4.78 is 38.4. The van der Waals surface area contributed by atoms with Crippen molar-refractivity contribution in [1.82, 2.24) is 10.2 Å². The van der Waals surface area contributed by atoms with Gasteiger partial charge in [0.05, 0.1) is 5.56 Å². The zero-order valence-electron chi connectivity index (χ0n) is 10.8. The van der Waals surface area contributed by atoms with Crippen molar-refractivity contribution in [2.75, 3.05) is 26.2 Å². The Labute approximate surface area is 114 Å². The average molecular weight is 287 g/mol. The van der Waals surface area contributed by atoms with Gasteiger partial charge < -0.3 is 11.1 Å². The number of rotatable bonds is 3. The fourth-order valence-corrected chi connectivity index (χ4v) is 2.22. The van der Waals surface area contributed by atoms with Crippen LogP contribution in [0.15, 0.2) is 18.2 Å². The first-order chi connectivity index (χ1) is 9.36. The van der Waals surface area contributed by atoms with Crippen molar-refractivity contribution in [1.29, 1.82) is 0 Å². The number of halogens is 3. The maximum atomic E-state index is 12.8. The number of hydrogen-bond donors (Lipinski definition) is 2. The van der Waals surface area contributed by atoms with Crippen molar-refractivity contribution in [2.45, 2.75) is 12.7 Å². The van der Waals surface area contributed by atoms with E-state index in [1.165, 1.54) is 6.07 Å². The van der Waals surface area contributed by atoms with Gasteiger partial charge in [0.2, 0.25) is 5.91 Å². The number of primary amides is 1. The van der Waals surface area contributed by atoms with Gasteiger partial charge >= 0.3 is 6.18 Å². The SMILES string of the molecule is NC(=O)c1cc(CN2CCNCC2)cc(C(F)(F)F)c1. The van der Waals surface area contributed by atoms with Gasteiger partial charge in [0.25, 0.3) is 0 Å². The van der Waals surface area contributed by atoms with Crippen molar-refractivity contribution >= 4 is 5.91 Å². The molecule has 20 heavy (non-hydrogen) atoms. The number of benzene rings is 1. The van der Waals surface area contributed by atoms with Crippen molar-refractivity contribution in [3.05, 3.63) is 34.9 Å². The molecule has 1 amide bonds. The molecule has 0 aromatic heterocycles. The standard InChI is InChI=1S/C13H16F3N3O/c14-13(15,16)11-6-9(5-10(7-11)12(17)20)8-19-3-1-18-2-4-19/h5-7,18H,1-4,8H2,(H2,17,20). The lowest BCUT2D eigenvalue weighted by Gasteiger charge is -2.27. The molecule has 0 spiro atoms. The van der Waals surface area contributed by atoms with Gasteiger partial charge in [0.1, 0.15) is 0 Å². The van der Waals surface area contributed by atoms with Crippen molar-refractivity contribution < 1.29 is 18.0 Å². The fraction of sp³-hybridized carbons (Fsp3) is 0.462. The third-order valence-electron chi connectivity index (χ3n) is 3.22. The molecule has 110 valence electrons. The minimum atomic E-state index is -4.48. The van der Waals surface area contributed by atoms with Gasteiger partial charge in [-0.25, -0.2) is 0 Å². The second-order valence-corrected chi connectivity index (χ2v) is 4.81. The van der Waals surface area contributed by atoms with Gasteiger partial charge in [-0.2, -0.15) is 13.2 Å². The Hall–Kier alpha value is -1.60. The number of carbonyl (C=O) groups excluding carboxylic acids is 1. The van der Waals surface area contributed by atoms with E-state index in [9.17, 15) is 18.0 Å². The summed E-state index contributed by atoms with van der Waals surface area (Å²) in [5.74, 6) is -0.849. The fourth-order valence-electron chi connectivity index (χ4n) is 2.22. The third kappa shape index (κ3) is 3.71. The second kappa shape index (κ2) is 5.80. The summed E-state index contributed by atoms with van der Waals surface area (Å²) in [7, 11) is 0. The molecule has 3 N–H and O–H groups in total. The van der Waals surface area contributed by atoms with Gasteiger partial charge in [0, 0.05) is 38.3 Å². The number of carbonyl (C=O) groups is 1. The highest BCUT2D eigenvalue weighted by atomic mass is 19.4. The van der Waals surface area contributed by atoms with Crippen LogP contribution in [0.3, 0.4) is 0 Å². The molecule has 1 saturated heterocycles. The maximum absolute atomic E-state index is 12.8. The predicted molar refractivity (Wildman–Crippen MR) is 68.1 cm³/mol. The largest absolute Gasteiger partial charge is 0.416 e. The molecule has 0 radical (unpaired) electrons. The summed E-state index contributed by atoms with van der Waals surface area (Å²) in [5.41, 5.74) is 4.61. The molecular formula is C13H16F3N3O. The van der Waals surface area contributed by atoms with E-state index in [-0.39, 0.29) is 5.56 Å². The van der Waals surface area contributed by atoms with Crippen LogP contribution >= 0.6 is 0 Å². The lowest BCUT2D eigenvalue weighted by Crippen LogP contribution is -2.42. The molecule has 1 heterocycles. The maximum Gasteiger partial charge on any atom is 0.416 e. The molecule has 1 aliphatic heterocycles. The quantitative estimate of drug-likeness (QED) is 0.878. The van der Waals surface area contributed by atoms with Gasteiger partial charge in [-0.1, -0.05) is 0 Å². The zero-order chi connectivity index (χ0) is 14.8. The smallest absolute Gasteiger partial charge is 0.366 e. The van der Waals surface area contributed by atoms with E-state index in [2.05, 4.69) is 5.32 Å². The van der Waals surface area contributed by atoms with Crippen LogP contribution in [0.4, 0.5) is 13.2 Å². The predicted octanol–water partition coefficient (Wildman–Crippen LogP) is 1.21. The van der Waals surface area contributed by atoms with Gasteiger partial charge in [-0.05, 0) is 23.8 Å². The van der Waals surface area contributed by atoms with Gasteiger partial charge in [0.15, 0.2) is 0 Å². The molecule has 1 fully saturated rings. The van der Waals surface area contributed by atoms with E-state index in [1.807, 2.05) is 4.90 Å². The van der Waals surface area contributed by atoms with E-state index >= 15 is 0 Å². The molecule has 1 aliphatic rings. The van der Waals surface area contributed by atoms with E-state index in [0.717, 1.165) is 38.3 Å². The van der Waals surface area contributed by atoms with Crippen LogP contribution in [0.2, 0.25) is 0 Å². The highest BCUT2D eigenvalue weighted by Gasteiger charge is 2.31. The number of amides is 1. The van der Waals surface area contributed by atoms with E-state index < -0.39 is 17.6 Å². The molecule has 7 heteroatoms. The van der Waals surface area contributed by atoms with Crippen LogP contribution in [0.5, 0.6) is 0 Å². The average Bonchev–Trinajstić information content (AvgIpc) is 2.38. The van der Waals surface area contributed by atoms with Crippen molar-refractivity contribution in [3.63, 3.8) is 0 Å². The van der Waals surface area contributed by atoms with E-state index in [0.29, 0.717) is 12.1 Å². The highest BCUT2D eigenvalue weighted by molar-refractivity contribution is 5.93. The Morgan fingerprint density at radius 1 is 1.25 bits per heavy atom. The topological polar surface area (TPSA) is 58.4 Å². The molecular weight excluding hydrogens is 271 g/mol. The first-order valence-electron chi connectivity index (χ1n) is 6.30. The molecule has 2 rings (SSSR count). The van der Waals surface area contributed by atoms with Crippen LogP contribution in [0, 0.1) is 0 Å².